The second kappa shape index (κ2) is 5.69. The molecule has 1 rings (SSSR count). The van der Waals surface area contributed by atoms with Crippen molar-refractivity contribution in [3.05, 3.63) is 32.8 Å². The topological polar surface area (TPSA) is 0 Å². The van der Waals surface area contributed by atoms with Gasteiger partial charge in [-0.2, -0.15) is 0 Å². The van der Waals surface area contributed by atoms with Crippen LogP contribution in [0.15, 0.2) is 10.5 Å². The highest BCUT2D eigenvalue weighted by Crippen LogP contribution is 2.29. The van der Waals surface area contributed by atoms with Crippen LogP contribution in [0.5, 0.6) is 0 Å². The first kappa shape index (κ1) is 12.8. The van der Waals surface area contributed by atoms with Crippen LogP contribution in [0.1, 0.15) is 49.9 Å². The van der Waals surface area contributed by atoms with Crippen molar-refractivity contribution < 1.29 is 0 Å². The lowest BCUT2D eigenvalue weighted by Crippen LogP contribution is -2.03. The van der Waals surface area contributed by atoms with Crippen molar-refractivity contribution in [1.82, 2.24) is 0 Å². The van der Waals surface area contributed by atoms with Crippen LogP contribution >= 0.6 is 15.9 Å². The number of rotatable bonds is 4. The highest BCUT2D eigenvalue weighted by atomic mass is 79.9. The van der Waals surface area contributed by atoms with Crippen molar-refractivity contribution in [2.24, 2.45) is 0 Å². The van der Waals surface area contributed by atoms with Crippen molar-refractivity contribution >= 4 is 15.9 Å². The lowest BCUT2D eigenvalue weighted by atomic mass is 9.90. The molecule has 1 aromatic rings. The van der Waals surface area contributed by atoms with Crippen LogP contribution in [0.2, 0.25) is 0 Å². The van der Waals surface area contributed by atoms with Gasteiger partial charge < -0.3 is 0 Å². The second-order valence-electron chi connectivity index (χ2n) is 3.87. The van der Waals surface area contributed by atoms with Crippen LogP contribution in [-0.4, -0.2) is 0 Å². The Balaban J connectivity index is 3.44. The Bertz CT molecular complexity index is 340. The third kappa shape index (κ3) is 2.44. The van der Waals surface area contributed by atoms with Crippen LogP contribution in [0.3, 0.4) is 0 Å². The SMILES string of the molecule is CCc1cc(Br)c(CC)c(CC)c1CC. The molecule has 0 amide bonds. The summed E-state index contributed by atoms with van der Waals surface area (Å²) in [5.41, 5.74) is 6.18. The molecule has 0 fully saturated rings. The Morgan fingerprint density at radius 3 is 1.73 bits per heavy atom. The molecule has 0 N–H and O–H groups in total. The molecular weight excluding hydrogens is 248 g/mol. The average molecular weight is 269 g/mol. The molecular formula is C14H21Br. The molecule has 0 radical (unpaired) electrons. The third-order valence-electron chi connectivity index (χ3n) is 3.15. The van der Waals surface area contributed by atoms with Gasteiger partial charge in [0, 0.05) is 4.47 Å². The molecule has 0 unspecified atom stereocenters. The molecule has 1 heteroatoms. The molecule has 0 aliphatic rings. The summed E-state index contributed by atoms with van der Waals surface area (Å²) < 4.78 is 1.30. The van der Waals surface area contributed by atoms with Gasteiger partial charge in [-0.3, -0.25) is 0 Å². The van der Waals surface area contributed by atoms with Crippen molar-refractivity contribution in [2.45, 2.75) is 53.4 Å². The zero-order valence-electron chi connectivity index (χ0n) is 10.3. The van der Waals surface area contributed by atoms with Gasteiger partial charge in [-0.05, 0) is 54.0 Å². The Hall–Kier alpha value is -0.300. The molecule has 0 aliphatic carbocycles. The van der Waals surface area contributed by atoms with Crippen LogP contribution in [-0.2, 0) is 25.7 Å². The van der Waals surface area contributed by atoms with Gasteiger partial charge in [0.15, 0.2) is 0 Å². The Labute approximate surface area is 102 Å². The van der Waals surface area contributed by atoms with Gasteiger partial charge in [0.25, 0.3) is 0 Å². The van der Waals surface area contributed by atoms with E-state index < -0.39 is 0 Å². The predicted molar refractivity (Wildman–Crippen MR) is 71.7 cm³/mol. The summed E-state index contributed by atoms with van der Waals surface area (Å²) in [6.07, 6.45) is 4.57. The van der Waals surface area contributed by atoms with Gasteiger partial charge in [-0.25, -0.2) is 0 Å². The van der Waals surface area contributed by atoms with Crippen LogP contribution < -0.4 is 0 Å². The first-order valence-corrected chi connectivity index (χ1v) is 6.80. The number of aryl methyl sites for hydroxylation is 1. The van der Waals surface area contributed by atoms with Crippen LogP contribution in [0.25, 0.3) is 0 Å². The molecule has 0 atom stereocenters. The minimum Gasteiger partial charge on any atom is -0.0613 e. The maximum absolute atomic E-state index is 3.70. The average Bonchev–Trinajstić information content (AvgIpc) is 2.27. The summed E-state index contributed by atoms with van der Waals surface area (Å²) in [7, 11) is 0. The summed E-state index contributed by atoms with van der Waals surface area (Å²) in [5.74, 6) is 0. The van der Waals surface area contributed by atoms with Gasteiger partial charge in [0.2, 0.25) is 0 Å². The van der Waals surface area contributed by atoms with Gasteiger partial charge in [-0.15, -0.1) is 0 Å². The largest absolute Gasteiger partial charge is 0.0613 e. The van der Waals surface area contributed by atoms with Crippen molar-refractivity contribution in [3.8, 4) is 0 Å². The van der Waals surface area contributed by atoms with E-state index in [0.717, 1.165) is 25.7 Å². The van der Waals surface area contributed by atoms with E-state index in [4.69, 9.17) is 0 Å². The minimum absolute atomic E-state index is 1.13. The van der Waals surface area contributed by atoms with E-state index in [1.54, 1.807) is 11.1 Å². The fourth-order valence-corrected chi connectivity index (χ4v) is 3.21. The molecule has 0 bridgehead atoms. The molecule has 0 saturated carbocycles. The summed E-state index contributed by atoms with van der Waals surface area (Å²) in [5, 5.41) is 0. The minimum atomic E-state index is 1.13. The Morgan fingerprint density at radius 1 is 0.800 bits per heavy atom. The molecule has 0 saturated heterocycles. The molecule has 0 nitrogen and oxygen atoms in total. The molecule has 15 heavy (non-hydrogen) atoms. The van der Waals surface area contributed by atoms with Gasteiger partial charge >= 0.3 is 0 Å². The maximum atomic E-state index is 3.70. The molecule has 1 aromatic carbocycles. The Morgan fingerprint density at radius 2 is 1.33 bits per heavy atom. The summed E-state index contributed by atoms with van der Waals surface area (Å²) >= 11 is 3.70. The lowest BCUT2D eigenvalue weighted by molar-refractivity contribution is 0.938. The van der Waals surface area contributed by atoms with E-state index in [9.17, 15) is 0 Å². The van der Waals surface area contributed by atoms with E-state index in [2.05, 4.69) is 49.7 Å². The summed E-state index contributed by atoms with van der Waals surface area (Å²) in [6.45, 7) is 9.01. The van der Waals surface area contributed by atoms with E-state index >= 15 is 0 Å². The van der Waals surface area contributed by atoms with E-state index in [-0.39, 0.29) is 0 Å². The molecule has 0 spiro atoms. The van der Waals surface area contributed by atoms with Crippen LogP contribution in [0.4, 0.5) is 0 Å². The highest BCUT2D eigenvalue weighted by molar-refractivity contribution is 9.10. The number of hydrogen-bond donors (Lipinski definition) is 0. The molecule has 84 valence electrons. The smallest absolute Gasteiger partial charge is 0.0212 e. The zero-order valence-corrected chi connectivity index (χ0v) is 11.9. The number of halogens is 1. The Kier molecular flexibility index (Phi) is 4.85. The van der Waals surface area contributed by atoms with Gasteiger partial charge in [0.05, 0.1) is 0 Å². The standard InChI is InChI=1S/C14H21Br/c1-5-10-9-14(15)13(8-4)12(7-3)11(10)6-2/h9H,5-8H2,1-4H3. The van der Waals surface area contributed by atoms with Crippen LogP contribution in [0, 0.1) is 0 Å². The van der Waals surface area contributed by atoms with E-state index in [0.29, 0.717) is 0 Å². The van der Waals surface area contributed by atoms with E-state index in [1.807, 2.05) is 0 Å². The van der Waals surface area contributed by atoms with Crippen molar-refractivity contribution in [2.75, 3.05) is 0 Å². The lowest BCUT2D eigenvalue weighted by Gasteiger charge is -2.17. The predicted octanol–water partition coefficient (Wildman–Crippen LogP) is 4.70. The summed E-state index contributed by atoms with van der Waals surface area (Å²) in [6, 6.07) is 2.32. The molecule has 0 aliphatic heterocycles. The highest BCUT2D eigenvalue weighted by Gasteiger charge is 2.12. The molecule has 0 heterocycles. The second-order valence-corrected chi connectivity index (χ2v) is 4.72. The third-order valence-corrected chi connectivity index (χ3v) is 3.85. The fraction of sp³-hybridized carbons (Fsp3) is 0.571. The quantitative estimate of drug-likeness (QED) is 0.743. The monoisotopic (exact) mass is 268 g/mol. The van der Waals surface area contributed by atoms with Crippen molar-refractivity contribution in [3.63, 3.8) is 0 Å². The number of benzene rings is 1. The van der Waals surface area contributed by atoms with Crippen molar-refractivity contribution in [1.29, 1.82) is 0 Å². The zero-order chi connectivity index (χ0) is 11.4. The van der Waals surface area contributed by atoms with Gasteiger partial charge in [0.1, 0.15) is 0 Å². The van der Waals surface area contributed by atoms with Gasteiger partial charge in [-0.1, -0.05) is 43.6 Å². The summed E-state index contributed by atoms with van der Waals surface area (Å²) in [4.78, 5) is 0. The fourth-order valence-electron chi connectivity index (χ4n) is 2.41. The maximum Gasteiger partial charge on any atom is 0.0212 e. The first-order valence-electron chi connectivity index (χ1n) is 6.01. The number of hydrogen-bond acceptors (Lipinski definition) is 0. The molecule has 0 aromatic heterocycles. The first-order chi connectivity index (χ1) is 7.19. The van der Waals surface area contributed by atoms with E-state index in [1.165, 1.54) is 15.6 Å². The normalized spacial score (nSPS) is 10.7.